The Morgan fingerprint density at radius 1 is 1.15 bits per heavy atom. The summed E-state index contributed by atoms with van der Waals surface area (Å²) in [6.07, 6.45) is 2.15. The number of ether oxygens (including phenoxy) is 2. The first-order valence-electron chi connectivity index (χ1n) is 9.21. The second kappa shape index (κ2) is 9.62. The number of rotatable bonds is 7. The number of carbonyl (C=O) groups is 1. The number of benzene rings is 2. The molecule has 0 aliphatic carbocycles. The zero-order valence-electron chi connectivity index (χ0n) is 15.5. The van der Waals surface area contributed by atoms with Crippen molar-refractivity contribution in [3.63, 3.8) is 0 Å². The summed E-state index contributed by atoms with van der Waals surface area (Å²) in [5, 5.41) is 3.66. The van der Waals surface area contributed by atoms with Crippen molar-refractivity contribution in [2.75, 3.05) is 33.3 Å². The van der Waals surface area contributed by atoms with Gasteiger partial charge in [0.25, 0.3) is 5.91 Å². The first-order valence-corrected chi connectivity index (χ1v) is 9.58. The molecule has 0 radical (unpaired) electrons. The summed E-state index contributed by atoms with van der Waals surface area (Å²) in [5.74, 6) is 1.43. The molecule has 0 bridgehead atoms. The van der Waals surface area contributed by atoms with Crippen molar-refractivity contribution in [2.45, 2.75) is 18.9 Å². The van der Waals surface area contributed by atoms with Crippen molar-refractivity contribution in [1.82, 2.24) is 10.2 Å². The summed E-state index contributed by atoms with van der Waals surface area (Å²) in [7, 11) is 1.59. The Balaban J connectivity index is 1.37. The van der Waals surface area contributed by atoms with Crippen LogP contribution in [0.15, 0.2) is 48.5 Å². The van der Waals surface area contributed by atoms with E-state index in [9.17, 15) is 4.79 Å². The molecule has 1 amide bonds. The topological polar surface area (TPSA) is 50.8 Å². The number of hydrogen-bond donors (Lipinski definition) is 1. The Morgan fingerprint density at radius 2 is 1.89 bits per heavy atom. The highest BCUT2D eigenvalue weighted by Crippen LogP contribution is 2.22. The number of nitrogens with zero attached hydrogens (tertiary/aromatic N) is 1. The molecule has 0 saturated carbocycles. The fourth-order valence-electron chi connectivity index (χ4n) is 3.18. The SMILES string of the molecule is COc1cccc(C(=O)NCCN2CCC(Oc3cccc(Cl)c3)CC2)c1. The van der Waals surface area contributed by atoms with E-state index in [1.165, 1.54) is 0 Å². The predicted molar refractivity (Wildman–Crippen MR) is 107 cm³/mol. The van der Waals surface area contributed by atoms with Gasteiger partial charge < -0.3 is 19.7 Å². The normalized spacial score (nSPS) is 15.3. The minimum atomic E-state index is -0.0759. The summed E-state index contributed by atoms with van der Waals surface area (Å²) in [4.78, 5) is 14.6. The molecule has 0 unspecified atom stereocenters. The number of nitrogens with one attached hydrogen (secondary N) is 1. The second-order valence-corrected chi connectivity index (χ2v) is 7.04. The van der Waals surface area contributed by atoms with Crippen LogP contribution < -0.4 is 14.8 Å². The molecular weight excluding hydrogens is 364 g/mol. The minimum absolute atomic E-state index is 0.0759. The second-order valence-electron chi connectivity index (χ2n) is 6.60. The number of hydrogen-bond acceptors (Lipinski definition) is 4. The van der Waals surface area contributed by atoms with Crippen LogP contribution in [0.5, 0.6) is 11.5 Å². The molecule has 3 rings (SSSR count). The molecule has 2 aromatic rings. The molecule has 144 valence electrons. The number of piperidine rings is 1. The molecule has 1 heterocycles. The third kappa shape index (κ3) is 5.88. The molecule has 27 heavy (non-hydrogen) atoms. The predicted octanol–water partition coefficient (Wildman–Crippen LogP) is 3.62. The van der Waals surface area contributed by atoms with Gasteiger partial charge in [-0.1, -0.05) is 23.7 Å². The van der Waals surface area contributed by atoms with E-state index >= 15 is 0 Å². The number of halogens is 1. The van der Waals surface area contributed by atoms with Gasteiger partial charge in [0.2, 0.25) is 0 Å². The van der Waals surface area contributed by atoms with Gasteiger partial charge >= 0.3 is 0 Å². The average molecular weight is 389 g/mol. The molecule has 1 aliphatic heterocycles. The van der Waals surface area contributed by atoms with Gasteiger partial charge in [0.1, 0.15) is 17.6 Å². The third-order valence-corrected chi connectivity index (χ3v) is 4.91. The summed E-state index contributed by atoms with van der Waals surface area (Å²) >= 11 is 6.00. The Morgan fingerprint density at radius 3 is 2.63 bits per heavy atom. The van der Waals surface area contributed by atoms with Crippen LogP contribution in [0.1, 0.15) is 23.2 Å². The summed E-state index contributed by atoms with van der Waals surface area (Å²) < 4.78 is 11.2. The van der Waals surface area contributed by atoms with E-state index in [-0.39, 0.29) is 12.0 Å². The van der Waals surface area contributed by atoms with Crippen LogP contribution in [-0.4, -0.2) is 50.2 Å². The Hall–Kier alpha value is -2.24. The molecule has 1 fully saturated rings. The van der Waals surface area contributed by atoms with Gasteiger partial charge in [-0.3, -0.25) is 4.79 Å². The number of likely N-dealkylation sites (tertiary alicyclic amines) is 1. The quantitative estimate of drug-likeness (QED) is 0.787. The summed E-state index contributed by atoms with van der Waals surface area (Å²) in [5.41, 5.74) is 0.614. The van der Waals surface area contributed by atoms with E-state index in [1.54, 1.807) is 19.2 Å². The van der Waals surface area contributed by atoms with E-state index in [0.717, 1.165) is 38.2 Å². The highest BCUT2D eigenvalue weighted by Gasteiger charge is 2.20. The van der Waals surface area contributed by atoms with Crippen molar-refractivity contribution < 1.29 is 14.3 Å². The van der Waals surface area contributed by atoms with E-state index in [4.69, 9.17) is 21.1 Å². The summed E-state index contributed by atoms with van der Waals surface area (Å²) in [6.45, 7) is 3.37. The smallest absolute Gasteiger partial charge is 0.251 e. The maximum absolute atomic E-state index is 12.2. The molecule has 0 aromatic heterocycles. The van der Waals surface area contributed by atoms with Gasteiger partial charge in [0, 0.05) is 36.8 Å². The van der Waals surface area contributed by atoms with Crippen molar-refractivity contribution in [3.8, 4) is 11.5 Å². The first-order chi connectivity index (χ1) is 13.1. The molecule has 6 heteroatoms. The van der Waals surface area contributed by atoms with Crippen LogP contribution in [0.2, 0.25) is 5.02 Å². The van der Waals surface area contributed by atoms with Crippen molar-refractivity contribution in [3.05, 3.63) is 59.1 Å². The number of methoxy groups -OCH3 is 1. The fraction of sp³-hybridized carbons (Fsp3) is 0.381. The van der Waals surface area contributed by atoms with Crippen LogP contribution >= 0.6 is 11.6 Å². The molecule has 0 atom stereocenters. The van der Waals surface area contributed by atoms with E-state index in [2.05, 4.69) is 10.2 Å². The van der Waals surface area contributed by atoms with Crippen LogP contribution in [0, 0.1) is 0 Å². The van der Waals surface area contributed by atoms with Crippen molar-refractivity contribution in [2.24, 2.45) is 0 Å². The van der Waals surface area contributed by atoms with Crippen LogP contribution in [-0.2, 0) is 0 Å². The highest BCUT2D eigenvalue weighted by molar-refractivity contribution is 6.30. The largest absolute Gasteiger partial charge is 0.497 e. The highest BCUT2D eigenvalue weighted by atomic mass is 35.5. The maximum Gasteiger partial charge on any atom is 0.251 e. The Kier molecular flexibility index (Phi) is 6.96. The Labute approximate surface area is 165 Å². The van der Waals surface area contributed by atoms with E-state index in [1.807, 2.05) is 36.4 Å². The Bertz CT molecular complexity index is 761. The molecule has 1 saturated heterocycles. The number of carbonyl (C=O) groups excluding carboxylic acids is 1. The maximum atomic E-state index is 12.2. The van der Waals surface area contributed by atoms with Gasteiger partial charge in [-0.25, -0.2) is 0 Å². The molecule has 2 aromatic carbocycles. The molecular formula is C21H25ClN2O3. The van der Waals surface area contributed by atoms with Crippen LogP contribution in [0.4, 0.5) is 0 Å². The van der Waals surface area contributed by atoms with Gasteiger partial charge in [0.15, 0.2) is 0 Å². The third-order valence-electron chi connectivity index (χ3n) is 4.68. The van der Waals surface area contributed by atoms with Gasteiger partial charge in [0.05, 0.1) is 7.11 Å². The van der Waals surface area contributed by atoms with Crippen LogP contribution in [0.3, 0.4) is 0 Å². The van der Waals surface area contributed by atoms with Crippen LogP contribution in [0.25, 0.3) is 0 Å². The monoisotopic (exact) mass is 388 g/mol. The zero-order chi connectivity index (χ0) is 19.1. The molecule has 0 spiro atoms. The lowest BCUT2D eigenvalue weighted by Crippen LogP contribution is -2.42. The number of amides is 1. The molecule has 5 nitrogen and oxygen atoms in total. The minimum Gasteiger partial charge on any atom is -0.497 e. The lowest BCUT2D eigenvalue weighted by Gasteiger charge is -2.32. The average Bonchev–Trinajstić information content (AvgIpc) is 2.69. The fourth-order valence-corrected chi connectivity index (χ4v) is 3.36. The lowest BCUT2D eigenvalue weighted by molar-refractivity contribution is 0.0905. The van der Waals surface area contributed by atoms with Gasteiger partial charge in [-0.2, -0.15) is 0 Å². The lowest BCUT2D eigenvalue weighted by atomic mass is 10.1. The molecule has 1 N–H and O–H groups in total. The van der Waals surface area contributed by atoms with Gasteiger partial charge in [-0.15, -0.1) is 0 Å². The van der Waals surface area contributed by atoms with E-state index in [0.29, 0.717) is 22.9 Å². The zero-order valence-corrected chi connectivity index (χ0v) is 16.2. The van der Waals surface area contributed by atoms with Crippen molar-refractivity contribution >= 4 is 17.5 Å². The van der Waals surface area contributed by atoms with Gasteiger partial charge in [-0.05, 0) is 49.2 Å². The molecule has 1 aliphatic rings. The first kappa shape index (κ1) is 19.5. The standard InChI is InChI=1S/C21H25ClN2O3/c1-26-19-6-2-4-16(14-19)21(25)23-10-13-24-11-8-18(9-12-24)27-20-7-3-5-17(22)15-20/h2-7,14-15,18H,8-13H2,1H3,(H,23,25). The van der Waals surface area contributed by atoms with Crippen molar-refractivity contribution in [1.29, 1.82) is 0 Å². The summed E-state index contributed by atoms with van der Waals surface area (Å²) in [6, 6.07) is 14.7. The van der Waals surface area contributed by atoms with E-state index < -0.39 is 0 Å².